The number of hydrogen-bond donors (Lipinski definition) is 1. The van der Waals surface area contributed by atoms with Crippen LogP contribution in [-0.2, 0) is 16.1 Å². The average Bonchev–Trinajstić information content (AvgIpc) is 3.39. The van der Waals surface area contributed by atoms with Crippen molar-refractivity contribution in [3.8, 4) is 11.3 Å². The van der Waals surface area contributed by atoms with Crippen LogP contribution in [0.1, 0.15) is 41.6 Å². The molecule has 216 valence electrons. The van der Waals surface area contributed by atoms with Crippen LogP contribution < -0.4 is 5.32 Å². The molecule has 14 heteroatoms. The monoisotopic (exact) mass is 638 g/mol. The van der Waals surface area contributed by atoms with Crippen LogP contribution >= 0.6 is 15.9 Å². The zero-order valence-corrected chi connectivity index (χ0v) is 24.4. The Balaban J connectivity index is 1.30. The van der Waals surface area contributed by atoms with Crippen LogP contribution in [0.4, 0.5) is 14.6 Å². The highest BCUT2D eigenvalue weighted by Crippen LogP contribution is 2.60. The third-order valence-electron chi connectivity index (χ3n) is 7.97. The standard InChI is InChI=1S/C28H25BrF2N8O3/c1-13-4-18(31)25(29)35-26(13)36-27(42)20-6-28(12-30)7-22(28)39(20)23(41)11-38-21-10-34-19(16-8-32-15(3)33-9-16)5-17(21)24(37-38)14(2)40/h4-5,8-10,20,22H,6-7,11-12H2,1-3H3,(H,35,36,42)/t20?,22-,28+/m1/s1. The first-order valence-electron chi connectivity index (χ1n) is 13.2. The lowest BCUT2D eigenvalue weighted by Gasteiger charge is -2.27. The Morgan fingerprint density at radius 3 is 2.55 bits per heavy atom. The molecule has 42 heavy (non-hydrogen) atoms. The summed E-state index contributed by atoms with van der Waals surface area (Å²) in [6.07, 6.45) is 5.38. The molecular formula is C28H25BrF2N8O3. The summed E-state index contributed by atoms with van der Waals surface area (Å²) in [7, 11) is 0. The molecule has 0 radical (unpaired) electrons. The topological polar surface area (TPSA) is 136 Å². The van der Waals surface area contributed by atoms with Crippen molar-refractivity contribution in [1.82, 2.24) is 34.6 Å². The number of alkyl halides is 1. The van der Waals surface area contributed by atoms with E-state index in [1.807, 2.05) is 0 Å². The van der Waals surface area contributed by atoms with Gasteiger partial charge in [-0.05, 0) is 60.3 Å². The molecule has 2 fully saturated rings. The fourth-order valence-electron chi connectivity index (χ4n) is 5.63. The first-order valence-corrected chi connectivity index (χ1v) is 14.0. The zero-order chi connectivity index (χ0) is 29.9. The number of carbonyl (C=O) groups excluding carboxylic acids is 3. The third kappa shape index (κ3) is 4.72. The van der Waals surface area contributed by atoms with Crippen LogP contribution in [0.5, 0.6) is 0 Å². The number of rotatable bonds is 7. The first-order chi connectivity index (χ1) is 20.0. The number of aryl methyl sites for hydroxylation is 2. The summed E-state index contributed by atoms with van der Waals surface area (Å²) in [5, 5.41) is 7.59. The highest BCUT2D eigenvalue weighted by atomic mass is 79.9. The van der Waals surface area contributed by atoms with Crippen LogP contribution in [0.15, 0.2) is 35.3 Å². The smallest absolute Gasteiger partial charge is 0.248 e. The fourth-order valence-corrected chi connectivity index (χ4v) is 5.93. The number of hydrogen-bond acceptors (Lipinski definition) is 8. The first kappa shape index (κ1) is 27.9. The minimum Gasteiger partial charge on any atom is -0.325 e. The summed E-state index contributed by atoms with van der Waals surface area (Å²) in [5.74, 6) is -1.12. The van der Waals surface area contributed by atoms with Crippen molar-refractivity contribution in [2.24, 2.45) is 5.41 Å². The number of aromatic nitrogens is 6. The minimum atomic E-state index is -0.961. The summed E-state index contributed by atoms with van der Waals surface area (Å²) in [6, 6.07) is 1.52. The number of halogens is 3. The van der Waals surface area contributed by atoms with E-state index in [4.69, 9.17) is 0 Å². The Kier molecular flexibility index (Phi) is 6.83. The predicted molar refractivity (Wildman–Crippen MR) is 151 cm³/mol. The van der Waals surface area contributed by atoms with E-state index in [2.05, 4.69) is 46.3 Å². The lowest BCUT2D eigenvalue weighted by atomic mass is 10.0. The van der Waals surface area contributed by atoms with E-state index in [-0.39, 0.29) is 34.9 Å². The van der Waals surface area contributed by atoms with Crippen LogP contribution in [0.25, 0.3) is 22.2 Å². The molecule has 1 N–H and O–H groups in total. The van der Waals surface area contributed by atoms with Gasteiger partial charge in [0.05, 0.1) is 24.1 Å². The van der Waals surface area contributed by atoms with Crippen molar-refractivity contribution in [3.05, 3.63) is 58.2 Å². The van der Waals surface area contributed by atoms with E-state index in [0.29, 0.717) is 40.0 Å². The van der Waals surface area contributed by atoms with Crippen molar-refractivity contribution in [1.29, 1.82) is 0 Å². The molecule has 0 spiro atoms. The molecule has 0 aromatic carbocycles. The minimum absolute atomic E-state index is 0.0654. The van der Waals surface area contributed by atoms with Gasteiger partial charge in [-0.15, -0.1) is 0 Å². The molecule has 6 rings (SSSR count). The molecule has 5 heterocycles. The van der Waals surface area contributed by atoms with E-state index in [9.17, 15) is 23.2 Å². The molecule has 1 unspecified atom stereocenters. The van der Waals surface area contributed by atoms with Crippen molar-refractivity contribution in [2.45, 2.75) is 52.2 Å². The average molecular weight is 639 g/mol. The van der Waals surface area contributed by atoms with Gasteiger partial charge < -0.3 is 10.2 Å². The zero-order valence-electron chi connectivity index (χ0n) is 22.9. The molecule has 2 amide bonds. The second-order valence-corrected chi connectivity index (χ2v) is 11.6. The van der Waals surface area contributed by atoms with E-state index in [0.717, 1.165) is 0 Å². The Morgan fingerprint density at radius 2 is 1.86 bits per heavy atom. The number of amides is 2. The Bertz CT molecular complexity index is 1780. The molecule has 11 nitrogen and oxygen atoms in total. The Labute approximate surface area is 246 Å². The predicted octanol–water partition coefficient (Wildman–Crippen LogP) is 3.97. The Hall–Kier alpha value is -4.20. The van der Waals surface area contributed by atoms with Gasteiger partial charge in [-0.3, -0.25) is 28.4 Å². The van der Waals surface area contributed by atoms with Gasteiger partial charge in [0.15, 0.2) is 11.6 Å². The number of anilines is 1. The van der Waals surface area contributed by atoms with Gasteiger partial charge in [0.1, 0.15) is 34.5 Å². The number of nitrogens with zero attached hydrogens (tertiary/aromatic N) is 7. The van der Waals surface area contributed by atoms with E-state index in [1.54, 1.807) is 32.3 Å². The number of piperidine rings is 1. The van der Waals surface area contributed by atoms with Gasteiger partial charge in [-0.1, -0.05) is 0 Å². The van der Waals surface area contributed by atoms with Crippen LogP contribution in [0, 0.1) is 25.1 Å². The van der Waals surface area contributed by atoms with Gasteiger partial charge in [0.2, 0.25) is 11.8 Å². The van der Waals surface area contributed by atoms with Crippen LogP contribution in [0.2, 0.25) is 0 Å². The maximum atomic E-state index is 14.1. The van der Waals surface area contributed by atoms with Crippen LogP contribution in [-0.4, -0.2) is 71.0 Å². The van der Waals surface area contributed by atoms with Gasteiger partial charge in [0.25, 0.3) is 0 Å². The van der Waals surface area contributed by atoms with Gasteiger partial charge >= 0.3 is 0 Å². The molecule has 3 atom stereocenters. The normalized spacial score (nSPS) is 21.0. The molecule has 1 aliphatic carbocycles. The SMILES string of the molecule is CC(=O)c1nn(CC(=O)N2C(C(=O)Nc3nc(Br)c(F)cc3C)C[C@@]3(CF)C[C@@H]23)c2cnc(-c3cnc(C)nc3)cc12. The van der Waals surface area contributed by atoms with E-state index in [1.165, 1.54) is 28.8 Å². The van der Waals surface area contributed by atoms with Gasteiger partial charge in [0, 0.05) is 41.7 Å². The fraction of sp³-hybridized carbons (Fsp3) is 0.357. The molecule has 4 aromatic rings. The number of pyridine rings is 2. The summed E-state index contributed by atoms with van der Waals surface area (Å²) in [5.41, 5.74) is 1.42. The highest BCUT2D eigenvalue weighted by Gasteiger charge is 2.67. The van der Waals surface area contributed by atoms with E-state index >= 15 is 0 Å². The lowest BCUT2D eigenvalue weighted by Crippen LogP contribution is -2.47. The molecule has 1 saturated heterocycles. The van der Waals surface area contributed by atoms with Gasteiger partial charge in [-0.2, -0.15) is 5.10 Å². The van der Waals surface area contributed by atoms with Crippen molar-refractivity contribution in [3.63, 3.8) is 0 Å². The van der Waals surface area contributed by atoms with Crippen molar-refractivity contribution < 1.29 is 23.2 Å². The number of Topliss-reactive ketones (excluding diaryl/α,β-unsaturated/α-hetero) is 1. The molecule has 1 aliphatic heterocycles. The second kappa shape index (κ2) is 10.3. The van der Waals surface area contributed by atoms with E-state index < -0.39 is 41.8 Å². The number of likely N-dealkylation sites (tertiary alicyclic amines) is 1. The lowest BCUT2D eigenvalue weighted by molar-refractivity contribution is -0.138. The maximum Gasteiger partial charge on any atom is 0.248 e. The third-order valence-corrected chi connectivity index (χ3v) is 8.53. The summed E-state index contributed by atoms with van der Waals surface area (Å²) in [6.45, 7) is 3.78. The molecule has 4 aromatic heterocycles. The molecular weight excluding hydrogens is 614 g/mol. The largest absolute Gasteiger partial charge is 0.325 e. The van der Waals surface area contributed by atoms with Crippen molar-refractivity contribution in [2.75, 3.05) is 12.0 Å². The highest BCUT2D eigenvalue weighted by molar-refractivity contribution is 9.10. The number of fused-ring (bicyclic) bond motifs is 2. The molecule has 1 saturated carbocycles. The summed E-state index contributed by atoms with van der Waals surface area (Å²) < 4.78 is 29.3. The quantitative estimate of drug-likeness (QED) is 0.237. The van der Waals surface area contributed by atoms with Gasteiger partial charge in [-0.25, -0.2) is 19.3 Å². The summed E-state index contributed by atoms with van der Waals surface area (Å²) >= 11 is 3.02. The number of carbonyl (C=O) groups is 3. The summed E-state index contributed by atoms with van der Waals surface area (Å²) in [4.78, 5) is 58.0. The molecule has 0 bridgehead atoms. The maximum absolute atomic E-state index is 14.1. The number of ketones is 1. The Morgan fingerprint density at radius 1 is 1.12 bits per heavy atom. The van der Waals surface area contributed by atoms with Crippen LogP contribution in [0.3, 0.4) is 0 Å². The molecule has 2 aliphatic rings. The number of nitrogens with one attached hydrogen (secondary N) is 1. The second-order valence-electron chi connectivity index (χ2n) is 10.8. The van der Waals surface area contributed by atoms with Crippen molar-refractivity contribution >= 4 is 50.2 Å².